The van der Waals surface area contributed by atoms with Crippen molar-refractivity contribution in [3.05, 3.63) is 88.9 Å². The van der Waals surface area contributed by atoms with Crippen molar-refractivity contribution in [3.8, 4) is 5.75 Å². The van der Waals surface area contributed by atoms with Gasteiger partial charge in [0.25, 0.3) is 5.91 Å². The number of rotatable bonds is 6. The van der Waals surface area contributed by atoms with Crippen molar-refractivity contribution in [1.29, 1.82) is 0 Å². The minimum absolute atomic E-state index is 0.120. The number of ether oxygens (including phenoxy) is 1. The minimum atomic E-state index is -0.120. The van der Waals surface area contributed by atoms with E-state index in [-0.39, 0.29) is 5.91 Å². The lowest BCUT2D eigenvalue weighted by Crippen LogP contribution is -2.24. The van der Waals surface area contributed by atoms with Crippen LogP contribution in [0.1, 0.15) is 33.0 Å². The molecular weight excluding hydrogens is 314 g/mol. The summed E-state index contributed by atoms with van der Waals surface area (Å²) in [5.74, 6) is 2.34. The first-order chi connectivity index (χ1) is 12.1. The number of para-hydroxylation sites is 1. The van der Waals surface area contributed by atoms with Gasteiger partial charge in [-0.25, -0.2) is 0 Å². The molecule has 0 unspecified atom stereocenters. The van der Waals surface area contributed by atoms with E-state index in [0.29, 0.717) is 18.7 Å². The van der Waals surface area contributed by atoms with Crippen molar-refractivity contribution in [1.82, 2.24) is 5.32 Å². The van der Waals surface area contributed by atoms with Crippen molar-refractivity contribution >= 4 is 5.91 Å². The number of carbonyl (C=O) groups is 1. The highest BCUT2D eigenvalue weighted by molar-refractivity contribution is 5.95. The number of benzene rings is 2. The third-order valence-corrected chi connectivity index (χ3v) is 3.98. The number of hydrogen-bond donors (Lipinski definition) is 1. The van der Waals surface area contributed by atoms with Crippen LogP contribution in [-0.2, 0) is 13.2 Å². The Bertz CT molecular complexity index is 853. The van der Waals surface area contributed by atoms with Crippen LogP contribution in [0.3, 0.4) is 0 Å². The summed E-state index contributed by atoms with van der Waals surface area (Å²) in [6.45, 7) is 4.58. The summed E-state index contributed by atoms with van der Waals surface area (Å²) in [4.78, 5) is 12.6. The molecule has 1 amide bonds. The second-order valence-corrected chi connectivity index (χ2v) is 5.88. The van der Waals surface area contributed by atoms with E-state index in [2.05, 4.69) is 5.32 Å². The van der Waals surface area contributed by atoms with Gasteiger partial charge in [-0.15, -0.1) is 0 Å². The third-order valence-electron chi connectivity index (χ3n) is 3.98. The molecule has 1 heterocycles. The lowest BCUT2D eigenvalue weighted by atomic mass is 10.1. The monoisotopic (exact) mass is 335 g/mol. The van der Waals surface area contributed by atoms with Crippen LogP contribution < -0.4 is 10.1 Å². The number of nitrogens with one attached hydrogen (secondary N) is 1. The van der Waals surface area contributed by atoms with Gasteiger partial charge in [0.2, 0.25) is 0 Å². The van der Waals surface area contributed by atoms with Crippen LogP contribution in [0.15, 0.2) is 65.1 Å². The maximum absolute atomic E-state index is 12.6. The largest absolute Gasteiger partial charge is 0.489 e. The van der Waals surface area contributed by atoms with Gasteiger partial charge in [0.15, 0.2) is 0 Å². The molecule has 0 bridgehead atoms. The molecule has 4 heteroatoms. The fourth-order valence-electron chi connectivity index (χ4n) is 2.68. The van der Waals surface area contributed by atoms with E-state index in [1.165, 1.54) is 0 Å². The molecule has 3 aromatic rings. The van der Waals surface area contributed by atoms with Crippen molar-refractivity contribution in [3.63, 3.8) is 0 Å². The average molecular weight is 335 g/mol. The Hall–Kier alpha value is -3.01. The number of furan rings is 1. The molecule has 0 aliphatic carbocycles. The van der Waals surface area contributed by atoms with E-state index in [9.17, 15) is 4.79 Å². The molecular formula is C21H21NO3. The second kappa shape index (κ2) is 7.71. The van der Waals surface area contributed by atoms with E-state index in [1.807, 2.05) is 74.5 Å². The molecule has 0 aliphatic rings. The summed E-state index contributed by atoms with van der Waals surface area (Å²) in [5, 5.41) is 2.95. The van der Waals surface area contributed by atoms with Crippen LogP contribution in [0.5, 0.6) is 5.75 Å². The smallest absolute Gasteiger partial charge is 0.251 e. The van der Waals surface area contributed by atoms with E-state index in [4.69, 9.17) is 9.15 Å². The quantitative estimate of drug-likeness (QED) is 0.726. The fourth-order valence-corrected chi connectivity index (χ4v) is 2.68. The van der Waals surface area contributed by atoms with Gasteiger partial charge in [0.1, 0.15) is 23.9 Å². The van der Waals surface area contributed by atoms with Crippen LogP contribution in [-0.4, -0.2) is 5.91 Å². The zero-order valence-corrected chi connectivity index (χ0v) is 14.4. The highest BCUT2D eigenvalue weighted by atomic mass is 16.5. The molecule has 0 radical (unpaired) electrons. The van der Waals surface area contributed by atoms with Crippen LogP contribution in [0.25, 0.3) is 0 Å². The molecule has 2 aromatic carbocycles. The topological polar surface area (TPSA) is 51.5 Å². The maximum atomic E-state index is 12.6. The van der Waals surface area contributed by atoms with Crippen molar-refractivity contribution < 1.29 is 13.9 Å². The summed E-state index contributed by atoms with van der Waals surface area (Å²) in [6.07, 6.45) is 0. The predicted octanol–water partition coefficient (Wildman–Crippen LogP) is 4.41. The Morgan fingerprint density at radius 1 is 1.00 bits per heavy atom. The molecule has 0 spiro atoms. The zero-order valence-electron chi connectivity index (χ0n) is 14.4. The Balaban J connectivity index is 1.67. The van der Waals surface area contributed by atoms with Gasteiger partial charge in [-0.05, 0) is 38.1 Å². The van der Waals surface area contributed by atoms with Gasteiger partial charge < -0.3 is 14.5 Å². The Labute approximate surface area is 147 Å². The number of hydrogen-bond acceptors (Lipinski definition) is 3. The van der Waals surface area contributed by atoms with E-state index in [1.54, 1.807) is 0 Å². The average Bonchev–Trinajstić information content (AvgIpc) is 2.96. The van der Waals surface area contributed by atoms with Gasteiger partial charge >= 0.3 is 0 Å². The molecule has 128 valence electrons. The van der Waals surface area contributed by atoms with Gasteiger partial charge in [0, 0.05) is 23.2 Å². The van der Waals surface area contributed by atoms with Gasteiger partial charge in [-0.2, -0.15) is 0 Å². The van der Waals surface area contributed by atoms with Crippen molar-refractivity contribution in [2.75, 3.05) is 0 Å². The fraction of sp³-hybridized carbons (Fsp3) is 0.190. The minimum Gasteiger partial charge on any atom is -0.489 e. The molecule has 4 nitrogen and oxygen atoms in total. The van der Waals surface area contributed by atoms with Crippen LogP contribution in [0.4, 0.5) is 0 Å². The van der Waals surface area contributed by atoms with Crippen LogP contribution in [0, 0.1) is 13.8 Å². The first-order valence-electron chi connectivity index (χ1n) is 8.23. The number of aryl methyl sites for hydroxylation is 2. The molecule has 0 atom stereocenters. The lowest BCUT2D eigenvalue weighted by molar-refractivity contribution is 0.0948. The molecule has 0 fully saturated rings. The number of amides is 1. The maximum Gasteiger partial charge on any atom is 0.251 e. The SMILES string of the molecule is Cc1cc(CNC(=O)c2ccccc2COc2ccccc2)c(C)o1. The summed E-state index contributed by atoms with van der Waals surface area (Å²) in [7, 11) is 0. The summed E-state index contributed by atoms with van der Waals surface area (Å²) >= 11 is 0. The molecule has 1 aromatic heterocycles. The first-order valence-corrected chi connectivity index (χ1v) is 8.23. The molecule has 1 N–H and O–H groups in total. The highest BCUT2D eigenvalue weighted by Gasteiger charge is 2.12. The normalized spacial score (nSPS) is 10.5. The summed E-state index contributed by atoms with van der Waals surface area (Å²) < 4.78 is 11.3. The van der Waals surface area contributed by atoms with Gasteiger partial charge in [-0.3, -0.25) is 4.79 Å². The van der Waals surface area contributed by atoms with E-state index >= 15 is 0 Å². The molecule has 0 saturated heterocycles. The molecule has 3 rings (SSSR count). The molecule has 0 aliphatic heterocycles. The zero-order chi connectivity index (χ0) is 17.6. The van der Waals surface area contributed by atoms with Crippen molar-refractivity contribution in [2.24, 2.45) is 0 Å². The Morgan fingerprint density at radius 3 is 2.44 bits per heavy atom. The first kappa shape index (κ1) is 16.8. The predicted molar refractivity (Wildman–Crippen MR) is 96.6 cm³/mol. The van der Waals surface area contributed by atoms with Crippen LogP contribution in [0.2, 0.25) is 0 Å². The summed E-state index contributed by atoms with van der Waals surface area (Å²) in [5.41, 5.74) is 2.46. The lowest BCUT2D eigenvalue weighted by Gasteiger charge is -2.11. The standard InChI is InChI=1S/C21H21NO3/c1-15-12-18(16(2)25-15)13-22-21(23)20-11-7-6-8-17(20)14-24-19-9-4-3-5-10-19/h3-12H,13-14H2,1-2H3,(H,22,23). The third kappa shape index (κ3) is 4.29. The van der Waals surface area contributed by atoms with Gasteiger partial charge in [-0.1, -0.05) is 36.4 Å². The Morgan fingerprint density at radius 2 is 1.72 bits per heavy atom. The van der Waals surface area contributed by atoms with Crippen LogP contribution >= 0.6 is 0 Å². The van der Waals surface area contributed by atoms with Gasteiger partial charge in [0.05, 0.1) is 0 Å². The second-order valence-electron chi connectivity index (χ2n) is 5.88. The molecule has 25 heavy (non-hydrogen) atoms. The van der Waals surface area contributed by atoms with Crippen molar-refractivity contribution in [2.45, 2.75) is 27.0 Å². The van der Waals surface area contributed by atoms with E-state index in [0.717, 1.165) is 28.4 Å². The van der Waals surface area contributed by atoms with E-state index < -0.39 is 0 Å². The highest BCUT2D eigenvalue weighted by Crippen LogP contribution is 2.16. The Kier molecular flexibility index (Phi) is 5.19. The number of carbonyl (C=O) groups excluding carboxylic acids is 1. The molecule has 0 saturated carbocycles. The summed E-state index contributed by atoms with van der Waals surface area (Å²) in [6, 6.07) is 19.0.